The van der Waals surface area contributed by atoms with Gasteiger partial charge in [-0.05, 0) is 99.3 Å². The molecule has 1 fully saturated rings. The van der Waals surface area contributed by atoms with E-state index in [9.17, 15) is 18.8 Å². The number of anilines is 1. The zero-order chi connectivity index (χ0) is 32.3. The summed E-state index contributed by atoms with van der Waals surface area (Å²) in [5.41, 5.74) is 9.92. The second-order valence-corrected chi connectivity index (χ2v) is 12.9. The first-order valence-electron chi connectivity index (χ1n) is 16.7. The van der Waals surface area contributed by atoms with Crippen LogP contribution < -0.4 is 16.4 Å². The van der Waals surface area contributed by atoms with E-state index in [1.807, 2.05) is 12.1 Å². The van der Waals surface area contributed by atoms with Crippen LogP contribution in [0, 0.1) is 17.2 Å². The van der Waals surface area contributed by atoms with Crippen LogP contribution in [0.4, 0.5) is 10.1 Å². The molecule has 1 aliphatic heterocycles. The van der Waals surface area contributed by atoms with Crippen LogP contribution in [0.2, 0.25) is 0 Å². The topological polar surface area (TPSA) is 109 Å². The average Bonchev–Trinajstić information content (AvgIpc) is 3.36. The molecule has 5 rings (SSSR count). The van der Waals surface area contributed by atoms with Crippen LogP contribution in [0.25, 0.3) is 22.0 Å². The van der Waals surface area contributed by atoms with E-state index in [-0.39, 0.29) is 35.0 Å². The lowest BCUT2D eigenvalue weighted by atomic mass is 9.72. The second-order valence-electron chi connectivity index (χ2n) is 12.9. The molecule has 0 atom stereocenters. The summed E-state index contributed by atoms with van der Waals surface area (Å²) in [5, 5.41) is 7.50. The molecular formula is C36H48FN5O3. The summed E-state index contributed by atoms with van der Waals surface area (Å²) in [6.07, 6.45) is 6.00. The molecule has 1 aliphatic carbocycles. The van der Waals surface area contributed by atoms with Crippen molar-refractivity contribution in [1.29, 1.82) is 0 Å². The van der Waals surface area contributed by atoms with Gasteiger partial charge in [0, 0.05) is 53.8 Å². The molecule has 9 heteroatoms. The Labute approximate surface area is 265 Å². The van der Waals surface area contributed by atoms with Gasteiger partial charge in [-0.3, -0.25) is 19.0 Å². The number of hydrogen-bond acceptors (Lipinski definition) is 5. The van der Waals surface area contributed by atoms with Crippen molar-refractivity contribution < 1.29 is 18.8 Å². The molecule has 2 aromatic carbocycles. The van der Waals surface area contributed by atoms with Crippen LogP contribution in [-0.4, -0.2) is 59.4 Å². The molecule has 242 valence electrons. The van der Waals surface area contributed by atoms with Gasteiger partial charge in [-0.25, -0.2) is 4.39 Å². The van der Waals surface area contributed by atoms with Gasteiger partial charge >= 0.3 is 0 Å². The number of nitrogens with two attached hydrogens (primary N) is 1. The fourth-order valence-corrected chi connectivity index (χ4v) is 7.43. The highest BCUT2D eigenvalue weighted by atomic mass is 19.1. The average molecular weight is 618 g/mol. The van der Waals surface area contributed by atoms with Crippen LogP contribution in [0.15, 0.2) is 36.4 Å². The SMILES string of the molecule is CCN(CC)CCNC(=O)[C@H]1CC[C@H](Nc2cc(-c3c4n(c5cc(F)ccc35)C(=O)CC(CC)(CC)C4)ccc2C(N)=O)CC1. The Morgan fingerprint density at radius 1 is 1.00 bits per heavy atom. The number of carbonyl (C=O) groups is 3. The summed E-state index contributed by atoms with van der Waals surface area (Å²) in [6.45, 7) is 11.9. The second kappa shape index (κ2) is 13.7. The number of halogens is 1. The van der Waals surface area contributed by atoms with Gasteiger partial charge in [0.15, 0.2) is 0 Å². The van der Waals surface area contributed by atoms with Crippen molar-refractivity contribution in [3.8, 4) is 11.1 Å². The van der Waals surface area contributed by atoms with Crippen LogP contribution in [0.5, 0.6) is 0 Å². The Balaban J connectivity index is 1.41. The molecule has 2 aliphatic rings. The normalized spacial score (nSPS) is 19.5. The smallest absolute Gasteiger partial charge is 0.250 e. The zero-order valence-electron chi connectivity index (χ0n) is 27.2. The first-order valence-corrected chi connectivity index (χ1v) is 16.7. The molecule has 1 saturated carbocycles. The van der Waals surface area contributed by atoms with Crippen molar-refractivity contribution in [2.45, 2.75) is 85.1 Å². The minimum atomic E-state index is -0.526. The largest absolute Gasteiger partial charge is 0.382 e. The number of likely N-dealkylation sites (N-methyl/N-ethyl adjacent to an activating group) is 1. The van der Waals surface area contributed by atoms with Gasteiger partial charge in [0.2, 0.25) is 11.8 Å². The molecule has 0 radical (unpaired) electrons. The molecule has 3 aromatic rings. The highest BCUT2D eigenvalue weighted by Gasteiger charge is 2.39. The first kappa shape index (κ1) is 32.7. The van der Waals surface area contributed by atoms with Crippen molar-refractivity contribution >= 4 is 34.3 Å². The van der Waals surface area contributed by atoms with Gasteiger partial charge in [0.1, 0.15) is 5.82 Å². The monoisotopic (exact) mass is 617 g/mol. The molecule has 0 saturated heterocycles. The van der Waals surface area contributed by atoms with E-state index < -0.39 is 5.91 Å². The Bertz CT molecular complexity index is 1560. The van der Waals surface area contributed by atoms with Crippen molar-refractivity contribution in [1.82, 2.24) is 14.8 Å². The third-order valence-corrected chi connectivity index (χ3v) is 10.5. The number of hydrogen-bond donors (Lipinski definition) is 3. The number of amides is 2. The zero-order valence-corrected chi connectivity index (χ0v) is 27.2. The summed E-state index contributed by atoms with van der Waals surface area (Å²) in [6, 6.07) is 10.3. The Morgan fingerprint density at radius 3 is 2.36 bits per heavy atom. The Morgan fingerprint density at radius 2 is 1.71 bits per heavy atom. The molecule has 0 spiro atoms. The van der Waals surface area contributed by atoms with Crippen LogP contribution in [-0.2, 0) is 11.2 Å². The molecule has 0 bridgehead atoms. The molecule has 1 aromatic heterocycles. The highest BCUT2D eigenvalue weighted by molar-refractivity contribution is 6.06. The fourth-order valence-electron chi connectivity index (χ4n) is 7.43. The maximum atomic E-state index is 14.5. The van der Waals surface area contributed by atoms with Crippen molar-refractivity contribution in [2.24, 2.45) is 17.1 Å². The molecule has 4 N–H and O–H groups in total. The summed E-state index contributed by atoms with van der Waals surface area (Å²) in [5.74, 6) is -0.821. The number of rotatable bonds is 12. The van der Waals surface area contributed by atoms with Gasteiger partial charge in [-0.15, -0.1) is 0 Å². The van der Waals surface area contributed by atoms with Crippen LogP contribution in [0.3, 0.4) is 0 Å². The molecule has 0 unspecified atom stereocenters. The minimum Gasteiger partial charge on any atom is -0.382 e. The summed E-state index contributed by atoms with van der Waals surface area (Å²) < 4.78 is 16.2. The summed E-state index contributed by atoms with van der Waals surface area (Å²) >= 11 is 0. The highest BCUT2D eigenvalue weighted by Crippen LogP contribution is 2.46. The Kier molecular flexibility index (Phi) is 9.97. The van der Waals surface area contributed by atoms with Crippen LogP contribution in [0.1, 0.15) is 93.5 Å². The first-order chi connectivity index (χ1) is 21.6. The predicted molar refractivity (Wildman–Crippen MR) is 178 cm³/mol. The minimum absolute atomic E-state index is 0.0113. The third-order valence-electron chi connectivity index (χ3n) is 10.5. The van der Waals surface area contributed by atoms with E-state index in [1.54, 1.807) is 16.7 Å². The number of primary amides is 1. The van der Waals surface area contributed by atoms with Crippen molar-refractivity contribution in [3.05, 3.63) is 53.5 Å². The van der Waals surface area contributed by atoms with Gasteiger partial charge < -0.3 is 21.3 Å². The number of carbonyl (C=O) groups excluding carboxylic acids is 3. The Hall–Kier alpha value is -3.72. The number of benzene rings is 2. The standard InChI is InChI=1S/C36H48FN5O3/c1-5-36(6-2)21-31-33(28-16-12-25(37)20-30(28)42(31)32(43)22-36)24-11-15-27(34(38)44)29(19-24)40-26-13-9-23(10-14-26)35(45)39-17-18-41(7-3)8-4/h11-12,15-16,19-20,23,26,40H,5-10,13-14,17-18,21-22H2,1-4H3,(H2,38,44)(H,39,45)/t23-,26-. The van der Waals surface area contributed by atoms with Gasteiger partial charge in [0.05, 0.1) is 11.1 Å². The molecular weight excluding hydrogens is 569 g/mol. The van der Waals surface area contributed by atoms with Crippen molar-refractivity contribution in [3.63, 3.8) is 0 Å². The number of aromatic nitrogens is 1. The maximum absolute atomic E-state index is 14.5. The van der Waals surface area contributed by atoms with E-state index in [4.69, 9.17) is 5.73 Å². The number of fused-ring (bicyclic) bond motifs is 3. The van der Waals surface area contributed by atoms with E-state index >= 15 is 0 Å². The number of nitrogens with zero attached hydrogens (tertiary/aromatic N) is 2. The van der Waals surface area contributed by atoms with E-state index in [1.165, 1.54) is 12.1 Å². The van der Waals surface area contributed by atoms with E-state index in [0.717, 1.165) is 80.4 Å². The number of nitrogens with one attached hydrogen (secondary N) is 2. The van der Waals surface area contributed by atoms with Gasteiger partial charge in [-0.1, -0.05) is 33.8 Å². The third kappa shape index (κ3) is 6.64. The van der Waals surface area contributed by atoms with Crippen molar-refractivity contribution in [2.75, 3.05) is 31.5 Å². The van der Waals surface area contributed by atoms with Crippen LogP contribution >= 0.6 is 0 Å². The van der Waals surface area contributed by atoms with Gasteiger partial charge in [-0.2, -0.15) is 0 Å². The lowest BCUT2D eigenvalue weighted by molar-refractivity contribution is -0.126. The summed E-state index contributed by atoms with van der Waals surface area (Å²) in [4.78, 5) is 41.2. The van der Waals surface area contributed by atoms with E-state index in [0.29, 0.717) is 36.2 Å². The lowest BCUT2D eigenvalue weighted by Crippen LogP contribution is -2.39. The predicted octanol–water partition coefficient (Wildman–Crippen LogP) is 6.37. The molecule has 8 nitrogen and oxygen atoms in total. The molecule has 2 heterocycles. The maximum Gasteiger partial charge on any atom is 0.250 e. The summed E-state index contributed by atoms with van der Waals surface area (Å²) in [7, 11) is 0. The molecule has 2 amide bonds. The fraction of sp³-hybridized carbons (Fsp3) is 0.528. The van der Waals surface area contributed by atoms with E-state index in [2.05, 4.69) is 43.2 Å². The molecule has 45 heavy (non-hydrogen) atoms. The van der Waals surface area contributed by atoms with Gasteiger partial charge in [0.25, 0.3) is 5.91 Å². The lowest BCUT2D eigenvalue weighted by Gasteiger charge is -2.36. The quantitative estimate of drug-likeness (QED) is 0.219.